The zero-order chi connectivity index (χ0) is 13.5. The van der Waals surface area contributed by atoms with Gasteiger partial charge in [0.25, 0.3) is 0 Å². The SMILES string of the molecule is Cl.NC(CNC(=O)CCn1ccnn1)c1ccccc1. The van der Waals surface area contributed by atoms with E-state index in [4.69, 9.17) is 5.73 Å². The van der Waals surface area contributed by atoms with Gasteiger partial charge in [0, 0.05) is 25.2 Å². The van der Waals surface area contributed by atoms with Gasteiger partial charge in [-0.3, -0.25) is 9.48 Å². The summed E-state index contributed by atoms with van der Waals surface area (Å²) in [5, 5.41) is 10.3. The lowest BCUT2D eigenvalue weighted by molar-refractivity contribution is -0.121. The molecule has 2 rings (SSSR count). The largest absolute Gasteiger partial charge is 0.354 e. The van der Waals surface area contributed by atoms with Crippen LogP contribution in [0.15, 0.2) is 42.7 Å². The topological polar surface area (TPSA) is 85.8 Å². The third-order valence-electron chi connectivity index (χ3n) is 2.79. The predicted octanol–water partition coefficient (Wildman–Crippen LogP) is 0.906. The highest BCUT2D eigenvalue weighted by Crippen LogP contribution is 2.07. The van der Waals surface area contributed by atoms with Crippen molar-refractivity contribution in [1.29, 1.82) is 0 Å². The third kappa shape index (κ3) is 4.99. The van der Waals surface area contributed by atoms with E-state index in [0.717, 1.165) is 5.56 Å². The second kappa shape index (κ2) is 8.29. The molecular formula is C13H18ClN5O. The summed E-state index contributed by atoms with van der Waals surface area (Å²) >= 11 is 0. The van der Waals surface area contributed by atoms with Crippen molar-refractivity contribution in [2.45, 2.75) is 19.0 Å². The highest BCUT2D eigenvalue weighted by molar-refractivity contribution is 5.85. The summed E-state index contributed by atoms with van der Waals surface area (Å²) in [4.78, 5) is 11.6. The van der Waals surface area contributed by atoms with E-state index >= 15 is 0 Å². The average Bonchev–Trinajstić information content (AvgIpc) is 2.96. The van der Waals surface area contributed by atoms with Crippen LogP contribution in [0, 0.1) is 0 Å². The molecule has 1 unspecified atom stereocenters. The van der Waals surface area contributed by atoms with E-state index < -0.39 is 0 Å². The molecule has 108 valence electrons. The van der Waals surface area contributed by atoms with Crippen LogP contribution in [0.3, 0.4) is 0 Å². The number of carbonyl (C=O) groups excluding carboxylic acids is 1. The van der Waals surface area contributed by atoms with Crippen LogP contribution in [0.5, 0.6) is 0 Å². The zero-order valence-electron chi connectivity index (χ0n) is 11.0. The van der Waals surface area contributed by atoms with Gasteiger partial charge in [-0.05, 0) is 5.56 Å². The minimum absolute atomic E-state index is 0. The molecule has 0 radical (unpaired) electrons. The number of halogens is 1. The van der Waals surface area contributed by atoms with Gasteiger partial charge in [-0.1, -0.05) is 35.5 Å². The van der Waals surface area contributed by atoms with E-state index in [1.54, 1.807) is 17.1 Å². The minimum Gasteiger partial charge on any atom is -0.354 e. The molecule has 0 saturated heterocycles. The van der Waals surface area contributed by atoms with Gasteiger partial charge in [0.1, 0.15) is 0 Å². The first-order valence-electron chi connectivity index (χ1n) is 6.17. The lowest BCUT2D eigenvalue weighted by Gasteiger charge is -2.13. The highest BCUT2D eigenvalue weighted by atomic mass is 35.5. The molecule has 1 heterocycles. The minimum atomic E-state index is -0.184. The van der Waals surface area contributed by atoms with Crippen LogP contribution in [0.25, 0.3) is 0 Å². The van der Waals surface area contributed by atoms with E-state index in [1.807, 2.05) is 30.3 Å². The summed E-state index contributed by atoms with van der Waals surface area (Å²) in [6.45, 7) is 0.951. The predicted molar refractivity (Wildman–Crippen MR) is 78.3 cm³/mol. The molecule has 20 heavy (non-hydrogen) atoms. The fourth-order valence-electron chi connectivity index (χ4n) is 1.70. The van der Waals surface area contributed by atoms with Gasteiger partial charge in [-0.25, -0.2) is 0 Å². The molecule has 7 heteroatoms. The third-order valence-corrected chi connectivity index (χ3v) is 2.79. The van der Waals surface area contributed by atoms with Crippen molar-refractivity contribution in [3.8, 4) is 0 Å². The molecule has 0 bridgehead atoms. The number of aryl methyl sites for hydroxylation is 1. The second-order valence-corrected chi connectivity index (χ2v) is 4.24. The Balaban J connectivity index is 0.00000200. The maximum Gasteiger partial charge on any atom is 0.221 e. The maximum absolute atomic E-state index is 11.6. The van der Waals surface area contributed by atoms with Crippen LogP contribution in [-0.2, 0) is 11.3 Å². The van der Waals surface area contributed by atoms with Gasteiger partial charge in [0.05, 0.1) is 12.7 Å². The first kappa shape index (κ1) is 16.1. The Morgan fingerprint density at radius 2 is 2.10 bits per heavy atom. The molecule has 0 aliphatic heterocycles. The van der Waals surface area contributed by atoms with E-state index in [-0.39, 0.29) is 24.4 Å². The molecule has 0 aliphatic carbocycles. The standard InChI is InChI=1S/C13H17N5O.ClH/c14-12(11-4-2-1-3-5-11)10-15-13(19)6-8-18-9-7-16-17-18;/h1-5,7,9,12H,6,8,10,14H2,(H,15,19);1H. The Kier molecular flexibility index (Phi) is 6.69. The Bertz CT molecular complexity index is 503. The van der Waals surface area contributed by atoms with Crippen molar-refractivity contribution in [2.75, 3.05) is 6.54 Å². The van der Waals surface area contributed by atoms with Crippen LogP contribution in [0.4, 0.5) is 0 Å². The van der Waals surface area contributed by atoms with Crippen molar-refractivity contribution in [3.63, 3.8) is 0 Å². The fourth-order valence-corrected chi connectivity index (χ4v) is 1.70. The molecule has 1 aromatic carbocycles. The normalized spacial score (nSPS) is 11.4. The number of hydrogen-bond acceptors (Lipinski definition) is 4. The van der Waals surface area contributed by atoms with Gasteiger partial charge in [-0.15, -0.1) is 17.5 Å². The fraction of sp³-hybridized carbons (Fsp3) is 0.308. The van der Waals surface area contributed by atoms with Crippen molar-refractivity contribution in [2.24, 2.45) is 5.73 Å². The summed E-state index contributed by atoms with van der Waals surface area (Å²) in [5.41, 5.74) is 7.00. The van der Waals surface area contributed by atoms with Crippen LogP contribution in [-0.4, -0.2) is 27.4 Å². The van der Waals surface area contributed by atoms with Crippen molar-refractivity contribution in [3.05, 3.63) is 48.3 Å². The van der Waals surface area contributed by atoms with Crippen molar-refractivity contribution >= 4 is 18.3 Å². The van der Waals surface area contributed by atoms with Gasteiger partial charge in [-0.2, -0.15) is 0 Å². The van der Waals surface area contributed by atoms with Gasteiger partial charge in [0.2, 0.25) is 5.91 Å². The molecule has 0 aliphatic rings. The van der Waals surface area contributed by atoms with Crippen LogP contribution < -0.4 is 11.1 Å². The Labute approximate surface area is 123 Å². The van der Waals surface area contributed by atoms with Gasteiger partial charge >= 0.3 is 0 Å². The van der Waals surface area contributed by atoms with E-state index in [1.165, 1.54) is 0 Å². The molecule has 0 fully saturated rings. The number of carbonyl (C=O) groups is 1. The van der Waals surface area contributed by atoms with Crippen LogP contribution in [0.1, 0.15) is 18.0 Å². The number of hydrogen-bond donors (Lipinski definition) is 2. The van der Waals surface area contributed by atoms with Crippen molar-refractivity contribution in [1.82, 2.24) is 20.3 Å². The van der Waals surface area contributed by atoms with Gasteiger partial charge in [0.15, 0.2) is 0 Å². The van der Waals surface area contributed by atoms with E-state index in [2.05, 4.69) is 15.6 Å². The molecule has 6 nitrogen and oxygen atoms in total. The summed E-state index contributed by atoms with van der Waals surface area (Å²) in [6, 6.07) is 9.52. The van der Waals surface area contributed by atoms with E-state index in [9.17, 15) is 4.79 Å². The molecule has 1 amide bonds. The number of benzene rings is 1. The summed E-state index contributed by atoms with van der Waals surface area (Å²) < 4.78 is 1.62. The van der Waals surface area contributed by atoms with Gasteiger partial charge < -0.3 is 11.1 Å². The number of nitrogens with one attached hydrogen (secondary N) is 1. The number of nitrogens with zero attached hydrogens (tertiary/aromatic N) is 3. The lowest BCUT2D eigenvalue weighted by atomic mass is 10.1. The number of nitrogens with two attached hydrogens (primary N) is 1. The monoisotopic (exact) mass is 295 g/mol. The number of rotatable bonds is 6. The quantitative estimate of drug-likeness (QED) is 0.829. The molecular weight excluding hydrogens is 278 g/mol. The molecule has 1 atom stereocenters. The molecule has 0 spiro atoms. The smallest absolute Gasteiger partial charge is 0.221 e. The molecule has 1 aromatic heterocycles. The van der Waals surface area contributed by atoms with Crippen LogP contribution in [0.2, 0.25) is 0 Å². The molecule has 0 saturated carbocycles. The highest BCUT2D eigenvalue weighted by Gasteiger charge is 2.07. The van der Waals surface area contributed by atoms with Crippen molar-refractivity contribution < 1.29 is 4.79 Å². The summed E-state index contributed by atoms with van der Waals surface area (Å²) in [7, 11) is 0. The summed E-state index contributed by atoms with van der Waals surface area (Å²) in [5.74, 6) is -0.0399. The molecule has 3 N–H and O–H groups in total. The molecule has 2 aromatic rings. The Hall–Kier alpha value is -1.92. The Morgan fingerprint density at radius 1 is 1.35 bits per heavy atom. The number of aromatic nitrogens is 3. The van der Waals surface area contributed by atoms with Crippen LogP contribution >= 0.6 is 12.4 Å². The second-order valence-electron chi connectivity index (χ2n) is 4.24. The lowest BCUT2D eigenvalue weighted by Crippen LogP contribution is -2.32. The first-order chi connectivity index (χ1) is 9.25. The average molecular weight is 296 g/mol. The first-order valence-corrected chi connectivity index (χ1v) is 6.17. The van der Waals surface area contributed by atoms with E-state index in [0.29, 0.717) is 19.5 Å². The summed E-state index contributed by atoms with van der Waals surface area (Å²) in [6.07, 6.45) is 3.68. The maximum atomic E-state index is 11.6. The Morgan fingerprint density at radius 3 is 2.75 bits per heavy atom. The number of amides is 1. The zero-order valence-corrected chi connectivity index (χ0v) is 11.8.